The Morgan fingerprint density at radius 1 is 0.941 bits per heavy atom. The highest BCUT2D eigenvalue weighted by molar-refractivity contribution is 9.11. The van der Waals surface area contributed by atoms with Gasteiger partial charge in [0.05, 0.1) is 19.9 Å². The smallest absolute Gasteiger partial charge is 0.282 e. The summed E-state index contributed by atoms with van der Waals surface area (Å²) in [5.74, 6) is 0.284. The van der Waals surface area contributed by atoms with E-state index in [0.717, 1.165) is 14.5 Å². The maximum atomic E-state index is 12.9. The van der Waals surface area contributed by atoms with Gasteiger partial charge in [0.15, 0.2) is 11.5 Å². The molecule has 0 spiro atoms. The molecule has 1 aliphatic rings. The highest BCUT2D eigenvalue weighted by Gasteiger charge is 2.34. The van der Waals surface area contributed by atoms with Crippen LogP contribution in [0.15, 0.2) is 75.2 Å². The third-order valence-corrected chi connectivity index (χ3v) is 6.32. The maximum Gasteiger partial charge on any atom is 0.282 e. The van der Waals surface area contributed by atoms with Crippen molar-refractivity contribution < 1.29 is 23.8 Å². The number of hydrogen-bond acceptors (Lipinski definition) is 5. The first kappa shape index (κ1) is 23.8. The van der Waals surface area contributed by atoms with Crippen LogP contribution in [-0.2, 0) is 16.2 Å². The molecule has 3 aromatic rings. The number of benzene rings is 3. The van der Waals surface area contributed by atoms with Crippen LogP contribution >= 0.6 is 31.9 Å². The molecular weight excluding hydrogens is 568 g/mol. The van der Waals surface area contributed by atoms with Crippen molar-refractivity contribution in [1.82, 2.24) is 5.43 Å². The largest absolute Gasteiger partial charge is 0.493 e. The lowest BCUT2D eigenvalue weighted by Crippen LogP contribution is -2.35. The molecule has 0 unspecified atom stereocenters. The number of nitrogens with one attached hydrogen (secondary N) is 1. The molecule has 0 aliphatic carbocycles. The molecule has 7 nitrogen and oxygen atoms in total. The molecule has 0 aromatic heterocycles. The molecule has 0 radical (unpaired) electrons. The standard InChI is InChI=1S/C25H20Br2N2O5/c1-32-21-11-15(10-19-24(30)28-29(25(19)31)18-6-4-3-5-7-18)12-22(33-2)23(21)34-14-16-8-9-17(26)13-20(16)27/h3-13H,14H2,1-2H3,(H,28,30)/b19-10-. The van der Waals surface area contributed by atoms with E-state index in [2.05, 4.69) is 37.3 Å². The van der Waals surface area contributed by atoms with Gasteiger partial charge in [-0.1, -0.05) is 56.1 Å². The van der Waals surface area contributed by atoms with Gasteiger partial charge >= 0.3 is 0 Å². The summed E-state index contributed by atoms with van der Waals surface area (Å²) in [6, 6.07) is 18.1. The monoisotopic (exact) mass is 586 g/mol. The molecule has 2 amide bonds. The lowest BCUT2D eigenvalue weighted by molar-refractivity contribution is -0.117. The van der Waals surface area contributed by atoms with Crippen molar-refractivity contribution >= 4 is 55.4 Å². The number of carbonyl (C=O) groups excluding carboxylic acids is 2. The van der Waals surface area contributed by atoms with Crippen molar-refractivity contribution in [2.45, 2.75) is 6.61 Å². The van der Waals surface area contributed by atoms with E-state index in [1.54, 1.807) is 36.4 Å². The van der Waals surface area contributed by atoms with Crippen molar-refractivity contribution in [1.29, 1.82) is 0 Å². The SMILES string of the molecule is COc1cc(/C=C2/C(=O)NN(c3ccccc3)C2=O)cc(OC)c1OCc1ccc(Br)cc1Br. The Kier molecular flexibility index (Phi) is 7.23. The number of hydrazine groups is 1. The molecule has 3 aromatic carbocycles. The molecule has 174 valence electrons. The van der Waals surface area contributed by atoms with Crippen LogP contribution < -0.4 is 24.6 Å². The zero-order chi connectivity index (χ0) is 24.2. The van der Waals surface area contributed by atoms with Crippen LogP contribution in [0.5, 0.6) is 17.2 Å². The third-order valence-electron chi connectivity index (χ3n) is 5.09. The van der Waals surface area contributed by atoms with E-state index in [1.165, 1.54) is 25.3 Å². The van der Waals surface area contributed by atoms with Gasteiger partial charge in [-0.2, -0.15) is 0 Å². The number of ether oxygens (including phenoxy) is 3. The van der Waals surface area contributed by atoms with Crippen molar-refractivity contribution in [2.24, 2.45) is 0 Å². The van der Waals surface area contributed by atoms with Crippen molar-refractivity contribution in [2.75, 3.05) is 19.2 Å². The van der Waals surface area contributed by atoms with E-state index in [4.69, 9.17) is 14.2 Å². The Labute approximate surface area is 213 Å². The highest BCUT2D eigenvalue weighted by Crippen LogP contribution is 2.40. The average molecular weight is 588 g/mol. The number of rotatable bonds is 7. The Morgan fingerprint density at radius 3 is 2.24 bits per heavy atom. The summed E-state index contributed by atoms with van der Waals surface area (Å²) in [4.78, 5) is 25.4. The molecule has 1 N–H and O–H groups in total. The van der Waals surface area contributed by atoms with Crippen LogP contribution in [0, 0.1) is 0 Å². The number of methoxy groups -OCH3 is 2. The zero-order valence-electron chi connectivity index (χ0n) is 18.3. The number of carbonyl (C=O) groups is 2. The van der Waals surface area contributed by atoms with Gasteiger partial charge in [0.25, 0.3) is 11.8 Å². The van der Waals surface area contributed by atoms with E-state index >= 15 is 0 Å². The quantitative estimate of drug-likeness (QED) is 0.301. The van der Waals surface area contributed by atoms with Crippen LogP contribution in [0.2, 0.25) is 0 Å². The lowest BCUT2D eigenvalue weighted by atomic mass is 10.1. The number of hydrogen-bond donors (Lipinski definition) is 1. The van der Waals surface area contributed by atoms with Crippen LogP contribution in [0.4, 0.5) is 5.69 Å². The minimum absolute atomic E-state index is 0.000389. The number of anilines is 1. The fraction of sp³-hybridized carbons (Fsp3) is 0.120. The van der Waals surface area contributed by atoms with Gasteiger partial charge < -0.3 is 14.2 Å². The fourth-order valence-electron chi connectivity index (χ4n) is 3.40. The van der Waals surface area contributed by atoms with Crippen LogP contribution in [-0.4, -0.2) is 26.0 Å². The Morgan fingerprint density at radius 2 is 1.62 bits per heavy atom. The maximum absolute atomic E-state index is 12.9. The average Bonchev–Trinajstić information content (AvgIpc) is 3.12. The minimum atomic E-state index is -0.493. The minimum Gasteiger partial charge on any atom is -0.493 e. The van der Waals surface area contributed by atoms with Gasteiger partial charge in [0.2, 0.25) is 5.75 Å². The van der Waals surface area contributed by atoms with Crippen molar-refractivity contribution in [3.05, 3.63) is 86.3 Å². The third kappa shape index (κ3) is 4.95. The molecule has 34 heavy (non-hydrogen) atoms. The van der Waals surface area contributed by atoms with E-state index in [9.17, 15) is 9.59 Å². The molecule has 0 atom stereocenters. The van der Waals surface area contributed by atoms with Gasteiger partial charge in [0, 0.05) is 14.5 Å². The van der Waals surface area contributed by atoms with Gasteiger partial charge in [-0.15, -0.1) is 0 Å². The first-order valence-corrected chi connectivity index (χ1v) is 11.7. The van der Waals surface area contributed by atoms with E-state index in [-0.39, 0.29) is 12.2 Å². The summed E-state index contributed by atoms with van der Waals surface area (Å²) in [5, 5.41) is 1.22. The van der Waals surface area contributed by atoms with Crippen LogP contribution in [0.1, 0.15) is 11.1 Å². The van der Waals surface area contributed by atoms with Crippen LogP contribution in [0.25, 0.3) is 6.08 Å². The highest BCUT2D eigenvalue weighted by atomic mass is 79.9. The molecule has 0 bridgehead atoms. The molecular formula is C25H20Br2N2O5. The summed E-state index contributed by atoms with van der Waals surface area (Å²) in [5.41, 5.74) is 4.65. The van der Waals surface area contributed by atoms with E-state index < -0.39 is 11.8 Å². The topological polar surface area (TPSA) is 77.1 Å². The Bertz CT molecular complexity index is 1250. The summed E-state index contributed by atoms with van der Waals surface area (Å²) in [6.07, 6.45) is 1.50. The Balaban J connectivity index is 1.63. The second-order valence-corrected chi connectivity index (χ2v) is 9.02. The van der Waals surface area contributed by atoms with Crippen molar-refractivity contribution in [3.8, 4) is 17.2 Å². The number of para-hydroxylation sites is 1. The van der Waals surface area contributed by atoms with Gasteiger partial charge in [-0.05, 0) is 48.0 Å². The number of halogens is 2. The predicted octanol–water partition coefficient (Wildman–Crippen LogP) is 5.27. The van der Waals surface area contributed by atoms with Crippen molar-refractivity contribution in [3.63, 3.8) is 0 Å². The molecule has 1 aliphatic heterocycles. The first-order chi connectivity index (χ1) is 16.4. The van der Waals surface area contributed by atoms with E-state index in [1.807, 2.05) is 24.3 Å². The summed E-state index contributed by atoms with van der Waals surface area (Å²) >= 11 is 6.97. The Hall–Kier alpha value is -3.30. The van der Waals surface area contributed by atoms with Gasteiger partial charge in [-0.25, -0.2) is 5.01 Å². The van der Waals surface area contributed by atoms with E-state index in [0.29, 0.717) is 28.5 Å². The normalized spacial score (nSPS) is 14.4. The number of amides is 2. The molecule has 4 rings (SSSR count). The molecule has 9 heteroatoms. The first-order valence-electron chi connectivity index (χ1n) is 10.2. The van der Waals surface area contributed by atoms with Gasteiger partial charge in [0.1, 0.15) is 12.2 Å². The second kappa shape index (κ2) is 10.3. The molecule has 0 saturated carbocycles. The van der Waals surface area contributed by atoms with Gasteiger partial charge in [-0.3, -0.25) is 15.0 Å². The predicted molar refractivity (Wildman–Crippen MR) is 136 cm³/mol. The van der Waals surface area contributed by atoms with Crippen LogP contribution in [0.3, 0.4) is 0 Å². The molecule has 1 heterocycles. The summed E-state index contributed by atoms with van der Waals surface area (Å²) in [6.45, 7) is 0.272. The summed E-state index contributed by atoms with van der Waals surface area (Å²) in [7, 11) is 3.03. The zero-order valence-corrected chi connectivity index (χ0v) is 21.5. The number of nitrogens with zero attached hydrogens (tertiary/aromatic N) is 1. The summed E-state index contributed by atoms with van der Waals surface area (Å²) < 4.78 is 18.9. The second-order valence-electron chi connectivity index (χ2n) is 7.25. The fourth-order valence-corrected chi connectivity index (χ4v) is 4.56. The lowest BCUT2D eigenvalue weighted by Gasteiger charge is -2.16. The molecule has 1 fully saturated rings. The molecule has 1 saturated heterocycles.